The molecule has 9 heteroatoms. The first-order valence-corrected chi connectivity index (χ1v) is 14.0. The first kappa shape index (κ1) is 29.3. The molecule has 0 aliphatic heterocycles. The topological polar surface area (TPSA) is 86.8 Å². The van der Waals surface area contributed by atoms with Gasteiger partial charge in [-0.15, -0.1) is 0 Å². The van der Waals surface area contributed by atoms with Crippen molar-refractivity contribution in [3.05, 3.63) is 65.5 Å². The molecule has 1 atom stereocenters. The van der Waals surface area contributed by atoms with E-state index in [1.54, 1.807) is 11.0 Å². The van der Waals surface area contributed by atoms with Crippen molar-refractivity contribution < 1.29 is 22.4 Å². The number of carbonyl (C=O) groups excluding carboxylic acids is 2. The molecule has 2 amide bonds. The van der Waals surface area contributed by atoms with Gasteiger partial charge in [-0.3, -0.25) is 13.9 Å². The van der Waals surface area contributed by atoms with Crippen LogP contribution in [0.1, 0.15) is 58.1 Å². The van der Waals surface area contributed by atoms with Gasteiger partial charge >= 0.3 is 0 Å². The summed E-state index contributed by atoms with van der Waals surface area (Å²) in [5.41, 5.74) is 1.46. The quantitative estimate of drug-likeness (QED) is 0.477. The predicted octanol–water partition coefficient (Wildman–Crippen LogP) is 4.40. The number of para-hydroxylation sites is 1. The number of hydrogen-bond acceptors (Lipinski definition) is 4. The molecule has 0 bridgehead atoms. The van der Waals surface area contributed by atoms with Crippen molar-refractivity contribution >= 4 is 27.5 Å². The van der Waals surface area contributed by atoms with Crippen LogP contribution in [0.4, 0.5) is 10.1 Å². The number of halogens is 1. The van der Waals surface area contributed by atoms with Crippen molar-refractivity contribution in [2.24, 2.45) is 0 Å². The lowest BCUT2D eigenvalue weighted by Gasteiger charge is -2.33. The molecule has 0 saturated carbocycles. The highest BCUT2D eigenvalue weighted by molar-refractivity contribution is 7.92. The molecule has 2 rings (SSSR count). The van der Waals surface area contributed by atoms with Crippen LogP contribution in [0.2, 0.25) is 0 Å². The summed E-state index contributed by atoms with van der Waals surface area (Å²) in [5.74, 6) is -1.16. The van der Waals surface area contributed by atoms with Crippen LogP contribution in [0, 0.1) is 12.7 Å². The number of carbonyl (C=O) groups is 2. The second-order valence-corrected chi connectivity index (χ2v) is 12.0. The van der Waals surface area contributed by atoms with Crippen molar-refractivity contribution in [3.63, 3.8) is 0 Å². The van der Waals surface area contributed by atoms with Gasteiger partial charge in [-0.25, -0.2) is 12.8 Å². The van der Waals surface area contributed by atoms with E-state index in [0.29, 0.717) is 6.42 Å². The molecule has 1 N–H and O–H groups in total. The number of anilines is 1. The molecule has 0 aliphatic carbocycles. The van der Waals surface area contributed by atoms with Gasteiger partial charge in [0.2, 0.25) is 21.8 Å². The van der Waals surface area contributed by atoms with Gasteiger partial charge in [-0.1, -0.05) is 48.9 Å². The largest absolute Gasteiger partial charge is 0.350 e. The Morgan fingerprint density at radius 2 is 1.67 bits per heavy atom. The molecule has 36 heavy (non-hydrogen) atoms. The zero-order valence-corrected chi connectivity index (χ0v) is 22.9. The van der Waals surface area contributed by atoms with E-state index in [1.165, 1.54) is 18.2 Å². The minimum atomic E-state index is -3.76. The second kappa shape index (κ2) is 12.3. The first-order chi connectivity index (χ1) is 16.7. The van der Waals surface area contributed by atoms with Crippen molar-refractivity contribution in [2.75, 3.05) is 17.1 Å². The Kier molecular flexibility index (Phi) is 10.0. The summed E-state index contributed by atoms with van der Waals surface area (Å²) in [5, 5.41) is 2.96. The lowest BCUT2D eigenvalue weighted by atomic mass is 10.0. The molecule has 0 radical (unpaired) electrons. The fourth-order valence-corrected chi connectivity index (χ4v) is 4.87. The molecule has 0 fully saturated rings. The highest BCUT2D eigenvalue weighted by atomic mass is 32.2. The monoisotopic (exact) mass is 519 g/mol. The van der Waals surface area contributed by atoms with E-state index < -0.39 is 27.4 Å². The summed E-state index contributed by atoms with van der Waals surface area (Å²) >= 11 is 0. The van der Waals surface area contributed by atoms with E-state index in [2.05, 4.69) is 5.32 Å². The average Bonchev–Trinajstić information content (AvgIpc) is 2.76. The van der Waals surface area contributed by atoms with Crippen molar-refractivity contribution in [1.82, 2.24) is 10.2 Å². The van der Waals surface area contributed by atoms with Crippen LogP contribution in [0.25, 0.3) is 0 Å². The normalized spacial score (nSPS) is 12.6. The number of benzene rings is 2. The Morgan fingerprint density at radius 3 is 2.19 bits per heavy atom. The molecule has 2 aromatic rings. The minimum Gasteiger partial charge on any atom is -0.350 e. The van der Waals surface area contributed by atoms with E-state index >= 15 is 0 Å². The van der Waals surface area contributed by atoms with Gasteiger partial charge in [0.25, 0.3) is 0 Å². The number of sulfonamides is 1. The van der Waals surface area contributed by atoms with Gasteiger partial charge < -0.3 is 10.2 Å². The smallest absolute Gasteiger partial charge is 0.243 e. The SMILES string of the molecule is CCC(C(=O)NC(C)(C)C)N(Cc1ccc(C)cc1)C(=O)CCCN(c1ccccc1F)S(C)(=O)=O. The summed E-state index contributed by atoms with van der Waals surface area (Å²) in [6, 6.07) is 12.7. The lowest BCUT2D eigenvalue weighted by Crippen LogP contribution is -2.53. The second-order valence-electron chi connectivity index (χ2n) is 10.1. The highest BCUT2D eigenvalue weighted by Gasteiger charge is 2.31. The van der Waals surface area contributed by atoms with Crippen molar-refractivity contribution in [3.8, 4) is 0 Å². The Hall–Kier alpha value is -2.94. The molecule has 2 aromatic carbocycles. The Morgan fingerprint density at radius 1 is 1.06 bits per heavy atom. The third kappa shape index (κ3) is 8.62. The standard InChI is InChI=1S/C27H38FN3O4S/c1-7-23(26(33)29-27(3,4)5)30(19-21-16-14-20(2)15-17-21)25(32)13-10-18-31(36(6,34)35)24-12-9-8-11-22(24)28/h8-9,11-12,14-17,23H,7,10,13,18-19H2,1-6H3,(H,29,33). The van der Waals surface area contributed by atoms with Gasteiger partial charge in [0.1, 0.15) is 11.9 Å². The van der Waals surface area contributed by atoms with Gasteiger partial charge in [-0.05, 0) is 58.2 Å². The molecular weight excluding hydrogens is 481 g/mol. The van der Waals surface area contributed by atoms with Gasteiger partial charge in [0, 0.05) is 25.0 Å². The Labute approximate surface area is 214 Å². The number of hydrogen-bond donors (Lipinski definition) is 1. The van der Waals surface area contributed by atoms with E-state index in [0.717, 1.165) is 21.7 Å². The zero-order valence-electron chi connectivity index (χ0n) is 22.0. The summed E-state index contributed by atoms with van der Waals surface area (Å²) in [4.78, 5) is 28.1. The molecule has 0 heterocycles. The van der Waals surface area contributed by atoms with E-state index in [-0.39, 0.29) is 43.4 Å². The first-order valence-electron chi connectivity index (χ1n) is 12.1. The maximum atomic E-state index is 14.3. The molecule has 0 saturated heterocycles. The van der Waals surface area contributed by atoms with Crippen molar-refractivity contribution in [1.29, 1.82) is 0 Å². The molecule has 0 spiro atoms. The van der Waals surface area contributed by atoms with E-state index in [9.17, 15) is 22.4 Å². The third-order valence-electron chi connectivity index (χ3n) is 5.63. The van der Waals surface area contributed by atoms with Crippen LogP contribution in [-0.2, 0) is 26.2 Å². The van der Waals surface area contributed by atoms with Gasteiger partial charge in [0.15, 0.2) is 0 Å². The van der Waals surface area contributed by atoms with Crippen LogP contribution in [0.3, 0.4) is 0 Å². The third-order valence-corrected chi connectivity index (χ3v) is 6.81. The van der Waals surface area contributed by atoms with Crippen LogP contribution >= 0.6 is 0 Å². The van der Waals surface area contributed by atoms with Crippen LogP contribution < -0.4 is 9.62 Å². The highest BCUT2D eigenvalue weighted by Crippen LogP contribution is 2.22. The summed E-state index contributed by atoms with van der Waals surface area (Å²) in [6.07, 6.45) is 1.60. The number of amides is 2. The van der Waals surface area contributed by atoms with E-state index in [4.69, 9.17) is 0 Å². The van der Waals surface area contributed by atoms with Crippen molar-refractivity contribution in [2.45, 2.75) is 72.0 Å². The number of nitrogens with one attached hydrogen (secondary N) is 1. The van der Waals surface area contributed by atoms with Crippen LogP contribution in [-0.4, -0.2) is 49.5 Å². The molecular formula is C27H38FN3O4S. The molecule has 7 nitrogen and oxygen atoms in total. The fourth-order valence-electron chi connectivity index (χ4n) is 3.90. The van der Waals surface area contributed by atoms with E-state index in [1.807, 2.05) is 58.9 Å². The summed E-state index contributed by atoms with van der Waals surface area (Å²) in [7, 11) is -3.76. The number of rotatable bonds is 11. The van der Waals surface area contributed by atoms with Crippen LogP contribution in [0.15, 0.2) is 48.5 Å². The maximum absolute atomic E-state index is 14.3. The minimum absolute atomic E-state index is 0.00559. The predicted molar refractivity (Wildman–Crippen MR) is 142 cm³/mol. The molecule has 198 valence electrons. The molecule has 0 aromatic heterocycles. The molecule has 0 aliphatic rings. The number of aryl methyl sites for hydroxylation is 1. The Balaban J connectivity index is 2.24. The Bertz CT molecular complexity index is 1140. The summed E-state index contributed by atoms with van der Waals surface area (Å²) in [6.45, 7) is 9.66. The van der Waals surface area contributed by atoms with Crippen LogP contribution in [0.5, 0.6) is 0 Å². The van der Waals surface area contributed by atoms with Gasteiger partial charge in [0.05, 0.1) is 11.9 Å². The zero-order chi connectivity index (χ0) is 27.1. The molecule has 1 unspecified atom stereocenters. The fraction of sp³-hybridized carbons (Fsp3) is 0.481. The number of nitrogens with zero attached hydrogens (tertiary/aromatic N) is 2. The average molecular weight is 520 g/mol. The lowest BCUT2D eigenvalue weighted by molar-refractivity contribution is -0.142. The summed E-state index contributed by atoms with van der Waals surface area (Å²) < 4.78 is 40.0. The van der Waals surface area contributed by atoms with Gasteiger partial charge in [-0.2, -0.15) is 0 Å². The maximum Gasteiger partial charge on any atom is 0.243 e.